The Labute approximate surface area is 115 Å². The molecule has 4 atom stereocenters. The standard InChI is InChI=1S/C13H16O7/c14-6-10-12(17)9(16)5-11(19-10)20-13(18)7-3-1-2-4-8(7)15/h1-4,9-12,14-17H,5-6H2/t9-,10-,11?,12+/m1/s1. The molecule has 0 saturated carbocycles. The normalized spacial score (nSPS) is 29.9. The van der Waals surface area contributed by atoms with Crippen LogP contribution in [0.2, 0.25) is 0 Å². The molecule has 1 saturated heterocycles. The van der Waals surface area contributed by atoms with Gasteiger partial charge in [0, 0.05) is 6.42 Å². The quantitative estimate of drug-likeness (QED) is 0.546. The lowest BCUT2D eigenvalue weighted by molar-refractivity contribution is -0.239. The molecule has 7 nitrogen and oxygen atoms in total. The minimum absolute atomic E-state index is 0.0303. The summed E-state index contributed by atoms with van der Waals surface area (Å²) >= 11 is 0. The van der Waals surface area contributed by atoms with Crippen molar-refractivity contribution in [1.29, 1.82) is 0 Å². The molecule has 1 aliphatic rings. The number of carbonyl (C=O) groups excluding carboxylic acids is 1. The topological polar surface area (TPSA) is 116 Å². The van der Waals surface area contributed by atoms with Gasteiger partial charge < -0.3 is 29.9 Å². The van der Waals surface area contributed by atoms with Crippen LogP contribution >= 0.6 is 0 Å². The monoisotopic (exact) mass is 284 g/mol. The van der Waals surface area contributed by atoms with E-state index in [9.17, 15) is 20.1 Å². The first-order chi connectivity index (χ1) is 9.52. The van der Waals surface area contributed by atoms with E-state index in [0.29, 0.717) is 0 Å². The lowest BCUT2D eigenvalue weighted by atomic mass is 10.0. The van der Waals surface area contributed by atoms with Gasteiger partial charge in [-0.3, -0.25) is 0 Å². The SMILES string of the molecule is O=C(OC1C[C@@H](O)[C@H](O)[C@@H](CO)O1)c1ccccc1O. The molecule has 0 aliphatic carbocycles. The minimum Gasteiger partial charge on any atom is -0.507 e. The van der Waals surface area contributed by atoms with Crippen LogP contribution in [0.1, 0.15) is 16.8 Å². The predicted molar refractivity (Wildman–Crippen MR) is 65.9 cm³/mol. The van der Waals surface area contributed by atoms with E-state index < -0.39 is 37.2 Å². The van der Waals surface area contributed by atoms with Gasteiger partial charge in [0.25, 0.3) is 0 Å². The Morgan fingerprint density at radius 3 is 2.70 bits per heavy atom. The highest BCUT2D eigenvalue weighted by atomic mass is 16.7. The van der Waals surface area contributed by atoms with Gasteiger partial charge >= 0.3 is 5.97 Å². The lowest BCUT2D eigenvalue weighted by Gasteiger charge is -2.35. The fourth-order valence-corrected chi connectivity index (χ4v) is 1.97. The maximum absolute atomic E-state index is 11.8. The summed E-state index contributed by atoms with van der Waals surface area (Å²) in [7, 11) is 0. The molecule has 0 aromatic heterocycles. The van der Waals surface area contributed by atoms with E-state index in [4.69, 9.17) is 14.6 Å². The predicted octanol–water partition coefficient (Wildman–Crippen LogP) is -0.622. The van der Waals surface area contributed by atoms with Crippen LogP contribution in [-0.2, 0) is 9.47 Å². The number of hydrogen-bond donors (Lipinski definition) is 4. The van der Waals surface area contributed by atoms with Crippen molar-refractivity contribution in [3.8, 4) is 5.75 Å². The number of ether oxygens (including phenoxy) is 2. The summed E-state index contributed by atoms with van der Waals surface area (Å²) in [4.78, 5) is 11.8. The van der Waals surface area contributed by atoms with Gasteiger partial charge in [-0.05, 0) is 12.1 Å². The van der Waals surface area contributed by atoms with Gasteiger partial charge in [0.15, 0.2) is 0 Å². The zero-order valence-electron chi connectivity index (χ0n) is 10.5. The number of carbonyl (C=O) groups is 1. The molecule has 1 heterocycles. The van der Waals surface area contributed by atoms with E-state index >= 15 is 0 Å². The van der Waals surface area contributed by atoms with Crippen molar-refractivity contribution in [2.45, 2.75) is 31.0 Å². The second-order valence-corrected chi connectivity index (χ2v) is 4.50. The molecular weight excluding hydrogens is 268 g/mol. The Hall–Kier alpha value is -1.67. The Morgan fingerprint density at radius 1 is 1.35 bits per heavy atom. The summed E-state index contributed by atoms with van der Waals surface area (Å²) in [6.45, 7) is -0.511. The average molecular weight is 284 g/mol. The molecule has 0 bridgehead atoms. The Kier molecular flexibility index (Phi) is 4.56. The van der Waals surface area contributed by atoms with Crippen LogP contribution in [0.15, 0.2) is 24.3 Å². The number of benzene rings is 1. The third kappa shape index (κ3) is 3.07. The molecule has 1 aromatic carbocycles. The molecule has 20 heavy (non-hydrogen) atoms. The van der Waals surface area contributed by atoms with Gasteiger partial charge in [-0.15, -0.1) is 0 Å². The van der Waals surface area contributed by atoms with Crippen molar-refractivity contribution in [3.05, 3.63) is 29.8 Å². The molecule has 1 fully saturated rings. The maximum Gasteiger partial charge on any atom is 0.344 e. The number of phenols is 1. The van der Waals surface area contributed by atoms with Gasteiger partial charge in [0.05, 0.1) is 12.7 Å². The van der Waals surface area contributed by atoms with Crippen molar-refractivity contribution < 1.29 is 34.7 Å². The van der Waals surface area contributed by atoms with Crippen LogP contribution in [0, 0.1) is 0 Å². The van der Waals surface area contributed by atoms with Gasteiger partial charge in [0.2, 0.25) is 6.29 Å². The van der Waals surface area contributed by atoms with Crippen LogP contribution in [0.25, 0.3) is 0 Å². The number of esters is 1. The number of aliphatic hydroxyl groups is 3. The maximum atomic E-state index is 11.8. The summed E-state index contributed by atoms with van der Waals surface area (Å²) < 4.78 is 10.2. The van der Waals surface area contributed by atoms with E-state index in [-0.39, 0.29) is 17.7 Å². The summed E-state index contributed by atoms with van der Waals surface area (Å²) in [6, 6.07) is 5.85. The van der Waals surface area contributed by atoms with Crippen LogP contribution in [-0.4, -0.2) is 57.6 Å². The first-order valence-electron chi connectivity index (χ1n) is 6.14. The second kappa shape index (κ2) is 6.19. The van der Waals surface area contributed by atoms with E-state index in [1.165, 1.54) is 12.1 Å². The Balaban J connectivity index is 2.03. The average Bonchev–Trinajstić information content (AvgIpc) is 2.43. The number of para-hydroxylation sites is 1. The zero-order valence-corrected chi connectivity index (χ0v) is 10.5. The molecule has 4 N–H and O–H groups in total. The molecule has 0 radical (unpaired) electrons. The third-order valence-corrected chi connectivity index (χ3v) is 3.08. The van der Waals surface area contributed by atoms with Gasteiger partial charge in [-0.25, -0.2) is 4.79 Å². The lowest BCUT2D eigenvalue weighted by Crippen LogP contribution is -2.50. The van der Waals surface area contributed by atoms with Gasteiger partial charge in [0.1, 0.15) is 23.5 Å². The van der Waals surface area contributed by atoms with E-state index in [0.717, 1.165) is 0 Å². The third-order valence-electron chi connectivity index (χ3n) is 3.08. The number of hydrogen-bond acceptors (Lipinski definition) is 7. The fourth-order valence-electron chi connectivity index (χ4n) is 1.97. The fraction of sp³-hybridized carbons (Fsp3) is 0.462. The first-order valence-corrected chi connectivity index (χ1v) is 6.14. The summed E-state index contributed by atoms with van der Waals surface area (Å²) in [5.41, 5.74) is -0.0303. The van der Waals surface area contributed by atoms with Crippen LogP contribution in [0.3, 0.4) is 0 Å². The number of aromatic hydroxyl groups is 1. The number of rotatable bonds is 3. The molecule has 0 spiro atoms. The van der Waals surface area contributed by atoms with Crippen LogP contribution in [0.4, 0.5) is 0 Å². The largest absolute Gasteiger partial charge is 0.507 e. The number of phenolic OH excluding ortho intramolecular Hbond substituents is 1. The van der Waals surface area contributed by atoms with E-state index in [2.05, 4.69) is 0 Å². The van der Waals surface area contributed by atoms with Crippen molar-refractivity contribution in [2.24, 2.45) is 0 Å². The number of aliphatic hydroxyl groups excluding tert-OH is 3. The molecule has 110 valence electrons. The van der Waals surface area contributed by atoms with Crippen molar-refractivity contribution >= 4 is 5.97 Å². The van der Waals surface area contributed by atoms with Crippen LogP contribution < -0.4 is 0 Å². The minimum atomic E-state index is -1.24. The smallest absolute Gasteiger partial charge is 0.344 e. The Bertz CT molecular complexity index is 476. The molecule has 2 rings (SSSR count). The second-order valence-electron chi connectivity index (χ2n) is 4.50. The van der Waals surface area contributed by atoms with Crippen LogP contribution in [0.5, 0.6) is 5.75 Å². The molecule has 1 aliphatic heterocycles. The van der Waals surface area contributed by atoms with Gasteiger partial charge in [-0.1, -0.05) is 12.1 Å². The summed E-state index contributed by atoms with van der Waals surface area (Å²) in [5.74, 6) is -1.04. The molecule has 1 aromatic rings. The highest BCUT2D eigenvalue weighted by Crippen LogP contribution is 2.23. The summed E-state index contributed by atoms with van der Waals surface area (Å²) in [6.07, 6.45) is -4.64. The molecule has 0 amide bonds. The van der Waals surface area contributed by atoms with Crippen molar-refractivity contribution in [3.63, 3.8) is 0 Å². The van der Waals surface area contributed by atoms with E-state index in [1.807, 2.05) is 0 Å². The van der Waals surface area contributed by atoms with Gasteiger partial charge in [-0.2, -0.15) is 0 Å². The molecule has 7 heteroatoms. The summed E-state index contributed by atoms with van der Waals surface area (Å²) in [5, 5.41) is 37.7. The highest BCUT2D eigenvalue weighted by molar-refractivity contribution is 5.92. The molecular formula is C13H16O7. The van der Waals surface area contributed by atoms with Crippen molar-refractivity contribution in [1.82, 2.24) is 0 Å². The van der Waals surface area contributed by atoms with Crippen molar-refractivity contribution in [2.75, 3.05) is 6.61 Å². The zero-order chi connectivity index (χ0) is 14.7. The van der Waals surface area contributed by atoms with E-state index in [1.54, 1.807) is 12.1 Å². The Morgan fingerprint density at radius 2 is 2.05 bits per heavy atom. The first kappa shape index (κ1) is 14.7. The highest BCUT2D eigenvalue weighted by Gasteiger charge is 2.38. The molecule has 1 unspecified atom stereocenters.